The molecular formula is C23H22ClN5O2S. The molecule has 0 radical (unpaired) electrons. The summed E-state index contributed by atoms with van der Waals surface area (Å²) in [7, 11) is 3.49. The van der Waals surface area contributed by atoms with Crippen molar-refractivity contribution in [3.8, 4) is 0 Å². The molecule has 0 fully saturated rings. The molecule has 4 rings (SSSR count). The average molecular weight is 468 g/mol. The van der Waals surface area contributed by atoms with Crippen molar-refractivity contribution in [2.24, 2.45) is 0 Å². The number of aldehydes is 1. The predicted molar refractivity (Wildman–Crippen MR) is 127 cm³/mol. The molecule has 2 aromatic carbocycles. The van der Waals surface area contributed by atoms with Crippen LogP contribution in [-0.4, -0.2) is 47.4 Å². The number of halogens is 1. The number of urea groups is 1. The van der Waals surface area contributed by atoms with Gasteiger partial charge in [-0.15, -0.1) is 0 Å². The zero-order chi connectivity index (χ0) is 22.7. The second-order valence-electron chi connectivity index (χ2n) is 7.48. The Morgan fingerprint density at radius 3 is 2.56 bits per heavy atom. The van der Waals surface area contributed by atoms with Crippen molar-refractivity contribution in [1.29, 1.82) is 0 Å². The number of carbonyl (C=O) groups excluding carboxylic acids is 2. The van der Waals surface area contributed by atoms with Crippen molar-refractivity contribution in [2.45, 2.75) is 23.6 Å². The molecule has 7 nitrogen and oxygen atoms in total. The second-order valence-corrected chi connectivity index (χ2v) is 8.83. The number of hydrogen-bond donors (Lipinski definition) is 0. The summed E-state index contributed by atoms with van der Waals surface area (Å²) in [4.78, 5) is 39.4. The van der Waals surface area contributed by atoms with Gasteiger partial charge in [0, 0.05) is 17.5 Å². The summed E-state index contributed by atoms with van der Waals surface area (Å²) in [6.07, 6.45) is 1.63. The van der Waals surface area contributed by atoms with E-state index in [0.717, 1.165) is 17.4 Å². The summed E-state index contributed by atoms with van der Waals surface area (Å²) < 4.78 is 0. The third-order valence-corrected chi connectivity index (χ3v) is 6.33. The number of rotatable bonds is 7. The van der Waals surface area contributed by atoms with Gasteiger partial charge in [-0.1, -0.05) is 65.8 Å². The highest BCUT2D eigenvalue weighted by Crippen LogP contribution is 2.35. The van der Waals surface area contributed by atoms with Gasteiger partial charge in [0.15, 0.2) is 11.4 Å². The minimum atomic E-state index is -0.826. The summed E-state index contributed by atoms with van der Waals surface area (Å²) >= 11 is 7.85. The zero-order valence-corrected chi connectivity index (χ0v) is 19.3. The Morgan fingerprint density at radius 1 is 1.16 bits per heavy atom. The number of likely N-dealkylation sites (N-methyl/N-ethyl adjacent to an activating group) is 1. The number of anilines is 2. The van der Waals surface area contributed by atoms with Gasteiger partial charge in [0.2, 0.25) is 0 Å². The summed E-state index contributed by atoms with van der Waals surface area (Å²) in [5, 5.41) is 0.993. The number of para-hydroxylation sites is 1. The van der Waals surface area contributed by atoms with E-state index in [4.69, 9.17) is 11.6 Å². The van der Waals surface area contributed by atoms with Crippen molar-refractivity contribution in [3.05, 3.63) is 76.9 Å². The molecule has 1 unspecified atom stereocenters. The van der Waals surface area contributed by atoms with Gasteiger partial charge in [-0.2, -0.15) is 0 Å². The molecule has 2 heterocycles. The molecule has 0 spiro atoms. The van der Waals surface area contributed by atoms with Crippen molar-refractivity contribution in [1.82, 2.24) is 14.9 Å². The number of fused-ring (bicyclic) bond motifs is 1. The fraction of sp³-hybridized carbons (Fsp3) is 0.217. The van der Waals surface area contributed by atoms with Crippen LogP contribution in [0.2, 0.25) is 5.02 Å². The number of carbonyl (C=O) groups is 2. The first-order chi connectivity index (χ1) is 15.5. The van der Waals surface area contributed by atoms with E-state index in [1.54, 1.807) is 48.3 Å². The number of hydrogen-bond acceptors (Lipinski definition) is 6. The van der Waals surface area contributed by atoms with Crippen LogP contribution in [0.3, 0.4) is 0 Å². The Morgan fingerprint density at radius 2 is 1.88 bits per heavy atom. The van der Waals surface area contributed by atoms with E-state index in [-0.39, 0.29) is 12.6 Å². The summed E-state index contributed by atoms with van der Waals surface area (Å²) in [6, 6.07) is 16.8. The number of nitrogens with zero attached hydrogens (tertiary/aromatic N) is 5. The van der Waals surface area contributed by atoms with Crippen LogP contribution in [0.5, 0.6) is 0 Å². The first-order valence-corrected chi connectivity index (χ1v) is 11.4. The van der Waals surface area contributed by atoms with Gasteiger partial charge in [-0.05, 0) is 31.8 Å². The number of benzene rings is 2. The van der Waals surface area contributed by atoms with Gasteiger partial charge in [0.1, 0.15) is 12.0 Å². The zero-order valence-electron chi connectivity index (χ0n) is 17.7. The highest BCUT2D eigenvalue weighted by Gasteiger charge is 2.39. The molecular weight excluding hydrogens is 446 g/mol. The van der Waals surface area contributed by atoms with E-state index in [9.17, 15) is 9.59 Å². The summed E-state index contributed by atoms with van der Waals surface area (Å²) in [6.45, 7) is 0.261. The number of amides is 2. The van der Waals surface area contributed by atoms with Gasteiger partial charge in [-0.25, -0.2) is 14.8 Å². The van der Waals surface area contributed by atoms with Crippen LogP contribution < -0.4 is 9.80 Å². The Hall–Kier alpha value is -2.94. The van der Waals surface area contributed by atoms with Crippen LogP contribution in [0.1, 0.15) is 11.1 Å². The third kappa shape index (κ3) is 4.48. The first-order valence-electron chi connectivity index (χ1n) is 9.99. The standard InChI is InChI=1S/C23H22ClN5O2S/c1-27(2)20(14-30)29-21-17(13-28(23(29)31)19-11-7-6-10-18(19)24)12-25-22(26-21)32-15-16-8-4-3-5-9-16/h3-12,14,20H,13,15H2,1-2H3. The topological polar surface area (TPSA) is 69.6 Å². The quantitative estimate of drug-likeness (QED) is 0.290. The lowest BCUT2D eigenvalue weighted by Crippen LogP contribution is -2.57. The average Bonchev–Trinajstić information content (AvgIpc) is 2.80. The molecule has 0 N–H and O–H groups in total. The SMILES string of the molecule is CN(C)C(C=O)N1C(=O)N(c2ccccc2Cl)Cc2cnc(SCc3ccccc3)nc21. The van der Waals surface area contributed by atoms with Gasteiger partial charge < -0.3 is 0 Å². The van der Waals surface area contributed by atoms with E-state index in [0.29, 0.717) is 27.4 Å². The highest BCUT2D eigenvalue weighted by atomic mass is 35.5. The van der Waals surface area contributed by atoms with Crippen molar-refractivity contribution < 1.29 is 9.59 Å². The molecule has 9 heteroatoms. The second kappa shape index (κ2) is 9.68. The van der Waals surface area contributed by atoms with Gasteiger partial charge in [0.25, 0.3) is 0 Å². The minimum absolute atomic E-state index is 0.261. The largest absolute Gasteiger partial charge is 0.332 e. The van der Waals surface area contributed by atoms with E-state index in [1.807, 2.05) is 36.4 Å². The summed E-state index contributed by atoms with van der Waals surface area (Å²) in [5.41, 5.74) is 2.46. The van der Waals surface area contributed by atoms with Crippen LogP contribution in [-0.2, 0) is 17.1 Å². The molecule has 2 amide bonds. The molecule has 3 aromatic rings. The molecule has 164 valence electrons. The smallest absolute Gasteiger partial charge is 0.299 e. The van der Waals surface area contributed by atoms with E-state index in [2.05, 4.69) is 9.97 Å². The van der Waals surface area contributed by atoms with Crippen LogP contribution >= 0.6 is 23.4 Å². The van der Waals surface area contributed by atoms with Crippen LogP contribution in [0.4, 0.5) is 16.3 Å². The Kier molecular flexibility index (Phi) is 6.74. The lowest BCUT2D eigenvalue weighted by Gasteiger charge is -2.40. The van der Waals surface area contributed by atoms with Crippen LogP contribution in [0.15, 0.2) is 66.0 Å². The molecule has 0 saturated carbocycles. The highest BCUT2D eigenvalue weighted by molar-refractivity contribution is 7.98. The molecule has 32 heavy (non-hydrogen) atoms. The molecule has 1 atom stereocenters. The lowest BCUT2D eigenvalue weighted by atomic mass is 10.1. The van der Waals surface area contributed by atoms with Gasteiger partial charge >= 0.3 is 6.03 Å². The molecule has 1 aliphatic rings. The minimum Gasteiger partial charge on any atom is -0.299 e. The molecule has 1 aliphatic heterocycles. The monoisotopic (exact) mass is 467 g/mol. The maximum atomic E-state index is 13.6. The Labute approximate surface area is 196 Å². The van der Waals surface area contributed by atoms with E-state index >= 15 is 0 Å². The lowest BCUT2D eigenvalue weighted by molar-refractivity contribution is -0.111. The Balaban J connectivity index is 1.72. The fourth-order valence-corrected chi connectivity index (χ4v) is 4.47. The number of aromatic nitrogens is 2. The molecule has 1 aromatic heterocycles. The molecule has 0 bridgehead atoms. The van der Waals surface area contributed by atoms with Gasteiger partial charge in [0.05, 0.1) is 17.3 Å². The predicted octanol–water partition coefficient (Wildman–Crippen LogP) is 4.46. The maximum absolute atomic E-state index is 13.6. The van der Waals surface area contributed by atoms with Crippen LogP contribution in [0.25, 0.3) is 0 Å². The summed E-state index contributed by atoms with van der Waals surface area (Å²) in [5.74, 6) is 1.14. The molecule has 0 aliphatic carbocycles. The van der Waals surface area contributed by atoms with E-state index < -0.39 is 6.17 Å². The third-order valence-electron chi connectivity index (χ3n) is 5.08. The van der Waals surface area contributed by atoms with Crippen molar-refractivity contribution in [3.63, 3.8) is 0 Å². The normalized spacial score (nSPS) is 14.4. The number of thioether (sulfide) groups is 1. The van der Waals surface area contributed by atoms with Crippen molar-refractivity contribution in [2.75, 3.05) is 23.9 Å². The maximum Gasteiger partial charge on any atom is 0.332 e. The van der Waals surface area contributed by atoms with Gasteiger partial charge in [-0.3, -0.25) is 19.5 Å². The van der Waals surface area contributed by atoms with E-state index in [1.165, 1.54) is 16.7 Å². The molecule has 0 saturated heterocycles. The van der Waals surface area contributed by atoms with Crippen molar-refractivity contribution >= 4 is 47.2 Å². The van der Waals surface area contributed by atoms with Crippen LogP contribution in [0, 0.1) is 0 Å². The Bertz CT molecular complexity index is 1130. The first kappa shape index (κ1) is 22.3. The fourth-order valence-electron chi connectivity index (χ4n) is 3.46.